The van der Waals surface area contributed by atoms with Crippen LogP contribution in [0.2, 0.25) is 0 Å². The molecular weight excluding hydrogens is 399 g/mol. The van der Waals surface area contributed by atoms with E-state index in [4.69, 9.17) is 9.40 Å². The van der Waals surface area contributed by atoms with Crippen LogP contribution in [0.5, 0.6) is 0 Å². The van der Waals surface area contributed by atoms with Crippen LogP contribution in [0, 0.1) is 5.82 Å². The van der Waals surface area contributed by atoms with Crippen molar-refractivity contribution in [1.29, 1.82) is 0 Å². The fraction of sp³-hybridized carbons (Fsp3) is 0.214. The monoisotopic (exact) mass is 424 g/mol. The van der Waals surface area contributed by atoms with Crippen LogP contribution in [0.25, 0.3) is 44.5 Å². The number of hydrogen-bond donors (Lipinski definition) is 0. The van der Waals surface area contributed by atoms with E-state index in [1.54, 1.807) is 6.20 Å². The van der Waals surface area contributed by atoms with Crippen molar-refractivity contribution in [3.05, 3.63) is 83.9 Å². The van der Waals surface area contributed by atoms with Crippen molar-refractivity contribution >= 4 is 22.1 Å². The molecule has 0 atom stereocenters. The van der Waals surface area contributed by atoms with Gasteiger partial charge in [0.15, 0.2) is 0 Å². The molecule has 32 heavy (non-hydrogen) atoms. The van der Waals surface area contributed by atoms with Crippen LogP contribution < -0.4 is 0 Å². The molecule has 3 heterocycles. The van der Waals surface area contributed by atoms with Gasteiger partial charge in [-0.25, -0.2) is 9.37 Å². The van der Waals surface area contributed by atoms with Crippen LogP contribution in [-0.4, -0.2) is 9.97 Å². The smallest absolute Gasteiger partial charge is 0.227 e. The van der Waals surface area contributed by atoms with Crippen molar-refractivity contribution in [2.75, 3.05) is 0 Å². The van der Waals surface area contributed by atoms with Gasteiger partial charge >= 0.3 is 0 Å². The zero-order valence-electron chi connectivity index (χ0n) is 18.7. The number of pyridine rings is 2. The predicted octanol–water partition coefficient (Wildman–Crippen LogP) is 8.10. The third-order valence-corrected chi connectivity index (χ3v) is 6.02. The number of fused-ring (bicyclic) bond motifs is 3. The van der Waals surface area contributed by atoms with E-state index in [0.717, 1.165) is 49.9 Å². The lowest BCUT2D eigenvalue weighted by Crippen LogP contribution is -2.02. The second-order valence-electron chi connectivity index (χ2n) is 8.85. The summed E-state index contributed by atoms with van der Waals surface area (Å²) in [4.78, 5) is 9.08. The van der Waals surface area contributed by atoms with E-state index < -0.39 is 0 Å². The van der Waals surface area contributed by atoms with E-state index >= 15 is 0 Å². The lowest BCUT2D eigenvalue weighted by atomic mass is 9.90. The molecule has 0 bridgehead atoms. The molecular formula is C28H25FN2O. The summed E-state index contributed by atoms with van der Waals surface area (Å²) in [5, 5.41) is 2.02. The minimum atomic E-state index is -0.0893. The largest absolute Gasteiger partial charge is 0.437 e. The van der Waals surface area contributed by atoms with E-state index in [1.165, 1.54) is 0 Å². The van der Waals surface area contributed by atoms with Gasteiger partial charge in [-0.2, -0.15) is 0 Å². The van der Waals surface area contributed by atoms with Crippen LogP contribution in [-0.2, 0) is 0 Å². The summed E-state index contributed by atoms with van der Waals surface area (Å²) in [5.74, 6) is 0.131. The molecule has 0 spiro atoms. The number of rotatable bonds is 4. The molecule has 2 aromatic carbocycles. The third-order valence-electron chi connectivity index (χ3n) is 6.02. The molecule has 0 N–H and O–H groups in total. The van der Waals surface area contributed by atoms with Crippen LogP contribution in [0.4, 0.5) is 4.39 Å². The molecule has 160 valence electrons. The van der Waals surface area contributed by atoms with E-state index in [9.17, 15) is 4.39 Å². The molecule has 3 nitrogen and oxygen atoms in total. The first-order valence-corrected chi connectivity index (χ1v) is 11.0. The highest BCUT2D eigenvalue weighted by Crippen LogP contribution is 2.36. The van der Waals surface area contributed by atoms with Crippen molar-refractivity contribution in [3.63, 3.8) is 0 Å². The molecule has 0 aliphatic carbocycles. The van der Waals surface area contributed by atoms with Gasteiger partial charge in [-0.05, 0) is 64.9 Å². The van der Waals surface area contributed by atoms with Crippen molar-refractivity contribution in [1.82, 2.24) is 9.97 Å². The molecule has 0 amide bonds. The van der Waals surface area contributed by atoms with Crippen molar-refractivity contribution in [3.8, 4) is 22.4 Å². The fourth-order valence-corrected chi connectivity index (χ4v) is 4.24. The molecule has 5 rings (SSSR count). The summed E-state index contributed by atoms with van der Waals surface area (Å²) in [6.07, 6.45) is 3.59. The summed E-state index contributed by atoms with van der Waals surface area (Å²) < 4.78 is 21.0. The maximum Gasteiger partial charge on any atom is 0.227 e. The van der Waals surface area contributed by atoms with Gasteiger partial charge < -0.3 is 4.42 Å². The van der Waals surface area contributed by atoms with E-state index in [-0.39, 0.29) is 17.7 Å². The minimum absolute atomic E-state index is 0.0893. The Morgan fingerprint density at radius 2 is 1.50 bits per heavy atom. The highest BCUT2D eigenvalue weighted by molar-refractivity contribution is 6.08. The highest BCUT2D eigenvalue weighted by atomic mass is 19.1. The Hall–Kier alpha value is -3.53. The lowest BCUT2D eigenvalue weighted by molar-refractivity contribution is 0.573. The van der Waals surface area contributed by atoms with Crippen LogP contribution in [0.1, 0.15) is 50.7 Å². The fourth-order valence-electron chi connectivity index (χ4n) is 4.24. The Balaban J connectivity index is 1.60. The van der Waals surface area contributed by atoms with E-state index in [0.29, 0.717) is 5.71 Å². The average molecular weight is 425 g/mol. The quantitative estimate of drug-likeness (QED) is 0.292. The Labute approximate surface area is 186 Å². The number of benzene rings is 2. The lowest BCUT2D eigenvalue weighted by Gasteiger charge is -2.16. The molecule has 0 radical (unpaired) electrons. The van der Waals surface area contributed by atoms with E-state index in [1.807, 2.05) is 88.5 Å². The van der Waals surface area contributed by atoms with Gasteiger partial charge in [0.2, 0.25) is 5.71 Å². The number of nitrogens with zero attached hydrogens (tertiary/aromatic N) is 2. The number of para-hydroxylation sites is 1. The average Bonchev–Trinajstić information content (AvgIpc) is 3.18. The summed E-state index contributed by atoms with van der Waals surface area (Å²) in [7, 11) is 0. The molecule has 0 saturated heterocycles. The molecule has 5 aromatic rings. The normalized spacial score (nSPS) is 11.8. The Morgan fingerprint density at radius 1 is 0.781 bits per heavy atom. The Morgan fingerprint density at radius 3 is 2.16 bits per heavy atom. The topological polar surface area (TPSA) is 38.9 Å². The first-order chi connectivity index (χ1) is 15.4. The van der Waals surface area contributed by atoms with Gasteiger partial charge in [0.1, 0.15) is 11.4 Å². The Kier molecular flexibility index (Phi) is 5.01. The second kappa shape index (κ2) is 7.86. The number of halogens is 1. The maximum absolute atomic E-state index is 15.0. The summed E-state index contributed by atoms with van der Waals surface area (Å²) >= 11 is 0. The zero-order chi connectivity index (χ0) is 22.4. The molecule has 0 saturated carbocycles. The molecule has 4 heteroatoms. The van der Waals surface area contributed by atoms with Crippen molar-refractivity contribution in [2.24, 2.45) is 0 Å². The standard InChI is InChI=1S/C28H25FN2O/c1-16(2)23-13-19(14-24(17(3)4)26(23)29)18-10-11-25(31-15-18)22-8-5-7-20-21-9-6-12-30-28(21)32-27(20)22/h5-17H,1-4H3. The minimum Gasteiger partial charge on any atom is -0.437 e. The summed E-state index contributed by atoms with van der Waals surface area (Å²) in [6, 6.07) is 17.9. The predicted molar refractivity (Wildman–Crippen MR) is 128 cm³/mol. The highest BCUT2D eigenvalue weighted by Gasteiger charge is 2.17. The van der Waals surface area contributed by atoms with Gasteiger partial charge in [-0.15, -0.1) is 0 Å². The summed E-state index contributed by atoms with van der Waals surface area (Å²) in [5.41, 5.74) is 6.61. The van der Waals surface area contributed by atoms with Crippen LogP contribution in [0.15, 0.2) is 71.4 Å². The van der Waals surface area contributed by atoms with Crippen molar-refractivity contribution in [2.45, 2.75) is 39.5 Å². The molecule has 0 aliphatic heterocycles. The SMILES string of the molecule is CC(C)c1cc(-c2ccc(-c3cccc4c3oc3ncccc34)nc2)cc(C(C)C)c1F. The van der Waals surface area contributed by atoms with Crippen molar-refractivity contribution < 1.29 is 8.81 Å². The molecule has 0 aliphatic rings. The maximum atomic E-state index is 15.0. The van der Waals surface area contributed by atoms with Gasteiger partial charge in [-0.1, -0.05) is 45.9 Å². The molecule has 0 unspecified atom stereocenters. The first kappa shape index (κ1) is 20.4. The molecule has 3 aromatic heterocycles. The Bertz CT molecular complexity index is 1400. The number of aromatic nitrogens is 2. The van der Waals surface area contributed by atoms with E-state index in [2.05, 4.69) is 4.98 Å². The number of furan rings is 1. The van der Waals surface area contributed by atoms with Crippen LogP contribution >= 0.6 is 0 Å². The number of hydrogen-bond acceptors (Lipinski definition) is 3. The van der Waals surface area contributed by atoms with Gasteiger partial charge in [0.25, 0.3) is 0 Å². The van der Waals surface area contributed by atoms with Gasteiger partial charge in [0.05, 0.1) is 5.69 Å². The summed E-state index contributed by atoms with van der Waals surface area (Å²) in [6.45, 7) is 8.10. The second-order valence-corrected chi connectivity index (χ2v) is 8.85. The van der Waals surface area contributed by atoms with Gasteiger partial charge in [-0.3, -0.25) is 4.98 Å². The third kappa shape index (κ3) is 3.36. The zero-order valence-corrected chi connectivity index (χ0v) is 18.7. The van der Waals surface area contributed by atoms with Crippen LogP contribution in [0.3, 0.4) is 0 Å². The molecule has 0 fully saturated rings. The first-order valence-electron chi connectivity index (χ1n) is 11.0. The van der Waals surface area contributed by atoms with Gasteiger partial charge in [0, 0.05) is 34.3 Å².